The molecule has 0 saturated carbocycles. The minimum Gasteiger partial charge on any atom is -0.396 e. The Labute approximate surface area is 101 Å². The number of carbonyl (C=O) groups is 2. The zero-order valence-electron chi connectivity index (χ0n) is 10.1. The molecule has 2 amide bonds. The molecule has 3 N–H and O–H groups in total. The molecule has 1 heterocycles. The topological polar surface area (TPSA) is 86.9 Å². The van der Waals surface area contributed by atoms with Gasteiger partial charge in [0.1, 0.15) is 0 Å². The molecule has 0 atom stereocenters. The van der Waals surface area contributed by atoms with Crippen LogP contribution < -0.4 is 5.73 Å². The van der Waals surface area contributed by atoms with Crippen LogP contribution in [-0.4, -0.2) is 66.1 Å². The Morgan fingerprint density at radius 3 is 2.59 bits per heavy atom. The number of hydrogen-bond donors (Lipinski definition) is 2. The standard InChI is InChI=1S/C11H21N3O3/c12-10(16)9-13-4-2-5-14(7-6-13)11(17)3-1-8-15/h15H,1-9H2,(H2,12,16). The van der Waals surface area contributed by atoms with E-state index in [4.69, 9.17) is 10.8 Å². The molecule has 1 fully saturated rings. The molecule has 0 aromatic heterocycles. The third-order valence-corrected chi connectivity index (χ3v) is 2.87. The van der Waals surface area contributed by atoms with E-state index in [-0.39, 0.29) is 25.0 Å². The van der Waals surface area contributed by atoms with Gasteiger partial charge in [-0.1, -0.05) is 0 Å². The zero-order valence-corrected chi connectivity index (χ0v) is 10.1. The Hall–Kier alpha value is -1.14. The second-order valence-corrected chi connectivity index (χ2v) is 4.30. The molecule has 0 unspecified atom stereocenters. The van der Waals surface area contributed by atoms with E-state index in [9.17, 15) is 9.59 Å². The fourth-order valence-electron chi connectivity index (χ4n) is 1.99. The molecule has 0 spiro atoms. The molecule has 1 saturated heterocycles. The predicted molar refractivity (Wildman–Crippen MR) is 63.2 cm³/mol. The third kappa shape index (κ3) is 5.14. The van der Waals surface area contributed by atoms with Crippen molar-refractivity contribution in [2.45, 2.75) is 19.3 Å². The van der Waals surface area contributed by atoms with Crippen LogP contribution in [0.5, 0.6) is 0 Å². The minimum absolute atomic E-state index is 0.0490. The maximum absolute atomic E-state index is 11.7. The number of carbonyl (C=O) groups excluding carboxylic acids is 2. The van der Waals surface area contributed by atoms with E-state index in [1.165, 1.54) is 0 Å². The molecule has 98 valence electrons. The van der Waals surface area contributed by atoms with Crippen LogP contribution in [0, 0.1) is 0 Å². The van der Waals surface area contributed by atoms with Gasteiger partial charge < -0.3 is 15.7 Å². The molecule has 1 aliphatic rings. The maximum Gasteiger partial charge on any atom is 0.231 e. The summed E-state index contributed by atoms with van der Waals surface area (Å²) in [4.78, 5) is 26.3. The van der Waals surface area contributed by atoms with E-state index >= 15 is 0 Å². The molecular formula is C11H21N3O3. The van der Waals surface area contributed by atoms with Gasteiger partial charge in [-0.15, -0.1) is 0 Å². The van der Waals surface area contributed by atoms with Gasteiger partial charge in [0.05, 0.1) is 6.54 Å². The lowest BCUT2D eigenvalue weighted by Crippen LogP contribution is -2.38. The quantitative estimate of drug-likeness (QED) is 0.633. The van der Waals surface area contributed by atoms with Gasteiger partial charge in [-0.2, -0.15) is 0 Å². The largest absolute Gasteiger partial charge is 0.396 e. The molecule has 17 heavy (non-hydrogen) atoms. The average Bonchev–Trinajstić information content (AvgIpc) is 2.51. The average molecular weight is 243 g/mol. The van der Waals surface area contributed by atoms with Crippen molar-refractivity contribution in [2.75, 3.05) is 39.3 Å². The highest BCUT2D eigenvalue weighted by atomic mass is 16.3. The number of hydrogen-bond acceptors (Lipinski definition) is 4. The molecule has 0 aliphatic carbocycles. The normalized spacial score (nSPS) is 17.8. The number of rotatable bonds is 5. The highest BCUT2D eigenvalue weighted by Crippen LogP contribution is 2.05. The van der Waals surface area contributed by atoms with Crippen LogP contribution in [0.15, 0.2) is 0 Å². The van der Waals surface area contributed by atoms with Crippen molar-refractivity contribution in [1.29, 1.82) is 0 Å². The molecule has 0 aromatic rings. The number of amides is 2. The van der Waals surface area contributed by atoms with E-state index in [2.05, 4.69) is 0 Å². The Bertz CT molecular complexity index is 271. The summed E-state index contributed by atoms with van der Waals surface area (Å²) in [5, 5.41) is 8.68. The Balaban J connectivity index is 2.36. The van der Waals surface area contributed by atoms with Crippen molar-refractivity contribution in [3.05, 3.63) is 0 Å². The Morgan fingerprint density at radius 1 is 1.18 bits per heavy atom. The summed E-state index contributed by atoms with van der Waals surface area (Å²) in [6.45, 7) is 3.16. The molecular weight excluding hydrogens is 222 g/mol. The highest BCUT2D eigenvalue weighted by Gasteiger charge is 2.19. The molecule has 6 heteroatoms. The van der Waals surface area contributed by atoms with Crippen molar-refractivity contribution in [3.63, 3.8) is 0 Å². The van der Waals surface area contributed by atoms with Crippen LogP contribution in [0.25, 0.3) is 0 Å². The van der Waals surface area contributed by atoms with Crippen LogP contribution >= 0.6 is 0 Å². The number of aliphatic hydroxyl groups is 1. The number of nitrogens with zero attached hydrogens (tertiary/aromatic N) is 2. The van der Waals surface area contributed by atoms with Gasteiger partial charge in [0.25, 0.3) is 0 Å². The van der Waals surface area contributed by atoms with Crippen LogP contribution in [-0.2, 0) is 9.59 Å². The Kier molecular flexibility index (Phi) is 5.93. The van der Waals surface area contributed by atoms with Crippen LogP contribution in [0.2, 0.25) is 0 Å². The lowest BCUT2D eigenvalue weighted by molar-refractivity contribution is -0.131. The van der Waals surface area contributed by atoms with Crippen molar-refractivity contribution >= 4 is 11.8 Å². The van der Waals surface area contributed by atoms with Gasteiger partial charge in [-0.25, -0.2) is 0 Å². The first-order valence-corrected chi connectivity index (χ1v) is 6.03. The molecule has 6 nitrogen and oxygen atoms in total. The predicted octanol–water partition coefficient (Wildman–Crippen LogP) is -1.22. The Morgan fingerprint density at radius 2 is 1.94 bits per heavy atom. The summed E-state index contributed by atoms with van der Waals surface area (Å²) in [6.07, 6.45) is 1.77. The number of nitrogens with two attached hydrogens (primary N) is 1. The van der Waals surface area contributed by atoms with Gasteiger partial charge in [-0.3, -0.25) is 14.5 Å². The third-order valence-electron chi connectivity index (χ3n) is 2.87. The fraction of sp³-hybridized carbons (Fsp3) is 0.818. The monoisotopic (exact) mass is 243 g/mol. The first-order valence-electron chi connectivity index (χ1n) is 6.03. The van der Waals surface area contributed by atoms with E-state index in [0.717, 1.165) is 19.5 Å². The van der Waals surface area contributed by atoms with Crippen molar-refractivity contribution in [2.24, 2.45) is 5.73 Å². The van der Waals surface area contributed by atoms with Crippen LogP contribution in [0.1, 0.15) is 19.3 Å². The smallest absolute Gasteiger partial charge is 0.231 e. The molecule has 0 aromatic carbocycles. The fourth-order valence-corrected chi connectivity index (χ4v) is 1.99. The zero-order chi connectivity index (χ0) is 12.7. The van der Waals surface area contributed by atoms with E-state index in [0.29, 0.717) is 25.9 Å². The van der Waals surface area contributed by atoms with Crippen LogP contribution in [0.3, 0.4) is 0 Å². The second-order valence-electron chi connectivity index (χ2n) is 4.30. The van der Waals surface area contributed by atoms with Gasteiger partial charge >= 0.3 is 0 Å². The first-order chi connectivity index (χ1) is 8.13. The first kappa shape index (κ1) is 13.9. The molecule has 0 radical (unpaired) electrons. The molecule has 0 bridgehead atoms. The second kappa shape index (κ2) is 7.24. The number of aliphatic hydroxyl groups excluding tert-OH is 1. The summed E-state index contributed by atoms with van der Waals surface area (Å²) in [7, 11) is 0. The summed E-state index contributed by atoms with van der Waals surface area (Å²) in [5.74, 6) is -0.245. The lowest BCUT2D eigenvalue weighted by Gasteiger charge is -2.21. The van der Waals surface area contributed by atoms with Crippen LogP contribution in [0.4, 0.5) is 0 Å². The summed E-state index contributed by atoms with van der Waals surface area (Å²) >= 11 is 0. The van der Waals surface area contributed by atoms with E-state index in [1.807, 2.05) is 4.90 Å². The lowest BCUT2D eigenvalue weighted by atomic mass is 10.2. The number of primary amides is 1. The summed E-state index contributed by atoms with van der Waals surface area (Å²) in [5.41, 5.74) is 5.15. The molecule has 1 rings (SSSR count). The highest BCUT2D eigenvalue weighted by molar-refractivity contribution is 5.76. The van der Waals surface area contributed by atoms with Crippen molar-refractivity contribution < 1.29 is 14.7 Å². The summed E-state index contributed by atoms with van der Waals surface area (Å²) in [6, 6.07) is 0. The van der Waals surface area contributed by atoms with E-state index < -0.39 is 0 Å². The SMILES string of the molecule is NC(=O)CN1CCCN(C(=O)CCCO)CC1. The van der Waals surface area contributed by atoms with Gasteiger partial charge in [-0.05, 0) is 12.8 Å². The molecule has 1 aliphatic heterocycles. The summed E-state index contributed by atoms with van der Waals surface area (Å²) < 4.78 is 0. The van der Waals surface area contributed by atoms with E-state index in [1.54, 1.807) is 4.90 Å². The van der Waals surface area contributed by atoms with Crippen molar-refractivity contribution in [3.8, 4) is 0 Å². The van der Waals surface area contributed by atoms with Gasteiger partial charge in [0.15, 0.2) is 0 Å². The van der Waals surface area contributed by atoms with Gasteiger partial charge in [0.2, 0.25) is 11.8 Å². The van der Waals surface area contributed by atoms with Crippen molar-refractivity contribution in [1.82, 2.24) is 9.80 Å². The minimum atomic E-state index is -0.329. The van der Waals surface area contributed by atoms with Gasteiger partial charge in [0, 0.05) is 39.2 Å². The maximum atomic E-state index is 11.7.